The number of nitrogens with zero attached hydrogens (tertiary/aromatic N) is 1. The second-order valence-electron chi connectivity index (χ2n) is 4.30. The van der Waals surface area contributed by atoms with Gasteiger partial charge in [-0.2, -0.15) is 4.73 Å². The van der Waals surface area contributed by atoms with Gasteiger partial charge in [0.05, 0.1) is 7.11 Å². The molecule has 2 aromatic carbocycles. The van der Waals surface area contributed by atoms with Gasteiger partial charge in [0.15, 0.2) is 0 Å². The van der Waals surface area contributed by atoms with Crippen LogP contribution in [-0.4, -0.2) is 7.11 Å². The Morgan fingerprint density at radius 1 is 0.895 bits per heavy atom. The van der Waals surface area contributed by atoms with E-state index in [9.17, 15) is 5.21 Å². The third-order valence-electron chi connectivity index (χ3n) is 3.18. The molecule has 3 nitrogen and oxygen atoms in total. The monoisotopic (exact) mass is 251 g/mol. The van der Waals surface area contributed by atoms with Crippen molar-refractivity contribution in [3.05, 3.63) is 65.9 Å². The fourth-order valence-electron chi connectivity index (χ4n) is 2.15. The number of methoxy groups -OCH3 is 1. The van der Waals surface area contributed by atoms with E-state index in [4.69, 9.17) is 4.74 Å². The first-order valence-corrected chi connectivity index (χ1v) is 6.05. The zero-order chi connectivity index (χ0) is 13.2. The lowest BCUT2D eigenvalue weighted by Crippen LogP contribution is -2.29. The molecule has 3 rings (SSSR count). The standard InChI is InChI=1S/C16H13NO2/c1-19-14-9-6-13(7-10-14)16-11-8-12-4-2-3-5-15(12)17(16)18/h2-11H,1H3. The second kappa shape index (κ2) is 4.61. The molecule has 0 bridgehead atoms. The molecule has 0 N–H and O–H groups in total. The molecule has 0 atom stereocenters. The summed E-state index contributed by atoms with van der Waals surface area (Å²) in [6, 6.07) is 18.8. The van der Waals surface area contributed by atoms with E-state index in [1.165, 1.54) is 0 Å². The minimum atomic E-state index is 0.640. The smallest absolute Gasteiger partial charge is 0.224 e. The van der Waals surface area contributed by atoms with Crippen molar-refractivity contribution in [2.75, 3.05) is 7.11 Å². The molecule has 0 aliphatic carbocycles. The van der Waals surface area contributed by atoms with E-state index in [-0.39, 0.29) is 0 Å². The number of aromatic nitrogens is 1. The molecule has 0 unspecified atom stereocenters. The maximum absolute atomic E-state index is 12.4. The lowest BCUT2D eigenvalue weighted by atomic mass is 10.1. The molecule has 0 amide bonds. The number of pyridine rings is 1. The highest BCUT2D eigenvalue weighted by Gasteiger charge is 2.12. The third-order valence-corrected chi connectivity index (χ3v) is 3.18. The van der Waals surface area contributed by atoms with Crippen LogP contribution in [0.3, 0.4) is 0 Å². The zero-order valence-electron chi connectivity index (χ0n) is 10.5. The summed E-state index contributed by atoms with van der Waals surface area (Å²) in [6.07, 6.45) is 0. The topological polar surface area (TPSA) is 36.2 Å². The number of para-hydroxylation sites is 1. The quantitative estimate of drug-likeness (QED) is 0.518. The first-order chi connectivity index (χ1) is 9.29. The molecule has 94 valence electrons. The van der Waals surface area contributed by atoms with Crippen molar-refractivity contribution in [3.8, 4) is 17.0 Å². The second-order valence-corrected chi connectivity index (χ2v) is 4.30. The highest BCUT2D eigenvalue weighted by atomic mass is 16.5. The van der Waals surface area contributed by atoms with Gasteiger partial charge in [0, 0.05) is 23.1 Å². The molecule has 1 aromatic heterocycles. The molecule has 0 radical (unpaired) electrons. The Balaban J connectivity index is 2.16. The van der Waals surface area contributed by atoms with Crippen molar-refractivity contribution in [3.63, 3.8) is 0 Å². The van der Waals surface area contributed by atoms with Crippen molar-refractivity contribution in [2.45, 2.75) is 0 Å². The first kappa shape index (κ1) is 11.5. The summed E-state index contributed by atoms with van der Waals surface area (Å²) in [5.41, 5.74) is 2.19. The molecular formula is C16H13NO2. The van der Waals surface area contributed by atoms with Gasteiger partial charge in [-0.1, -0.05) is 12.1 Å². The van der Waals surface area contributed by atoms with Crippen LogP contribution in [0, 0.1) is 5.21 Å². The molecule has 0 aliphatic heterocycles. The number of hydrogen-bond acceptors (Lipinski definition) is 2. The SMILES string of the molecule is COc1ccc(-c2ccc3ccccc3[n+]2[O-])cc1. The van der Waals surface area contributed by atoms with Crippen molar-refractivity contribution in [2.24, 2.45) is 0 Å². The third kappa shape index (κ3) is 1.99. The number of hydrogen-bond donors (Lipinski definition) is 0. The van der Waals surface area contributed by atoms with Crippen LogP contribution in [0.2, 0.25) is 0 Å². The Hall–Kier alpha value is -2.55. The lowest BCUT2D eigenvalue weighted by molar-refractivity contribution is -0.565. The van der Waals surface area contributed by atoms with E-state index in [1.807, 2.05) is 60.7 Å². The van der Waals surface area contributed by atoms with Gasteiger partial charge in [0.1, 0.15) is 5.75 Å². The van der Waals surface area contributed by atoms with E-state index in [0.29, 0.717) is 11.2 Å². The van der Waals surface area contributed by atoms with Gasteiger partial charge in [0.2, 0.25) is 11.2 Å². The summed E-state index contributed by atoms with van der Waals surface area (Å²) in [5, 5.41) is 13.3. The van der Waals surface area contributed by atoms with Gasteiger partial charge >= 0.3 is 0 Å². The number of benzene rings is 2. The van der Waals surface area contributed by atoms with Crippen molar-refractivity contribution in [1.29, 1.82) is 0 Å². The highest BCUT2D eigenvalue weighted by molar-refractivity contribution is 5.77. The fraction of sp³-hybridized carbons (Fsp3) is 0.0625. The predicted molar refractivity (Wildman–Crippen MR) is 74.9 cm³/mol. The molecule has 0 fully saturated rings. The average Bonchev–Trinajstić information content (AvgIpc) is 2.48. The summed E-state index contributed by atoms with van der Waals surface area (Å²) < 4.78 is 6.09. The molecule has 0 saturated carbocycles. The van der Waals surface area contributed by atoms with Crippen molar-refractivity contribution < 1.29 is 9.47 Å². The maximum Gasteiger partial charge on any atom is 0.224 e. The Bertz CT molecular complexity index is 720. The van der Waals surface area contributed by atoms with Crippen molar-refractivity contribution in [1.82, 2.24) is 0 Å². The highest BCUT2D eigenvalue weighted by Crippen LogP contribution is 2.21. The van der Waals surface area contributed by atoms with Gasteiger partial charge in [-0.05, 0) is 36.4 Å². The van der Waals surface area contributed by atoms with Crippen LogP contribution in [0.25, 0.3) is 22.2 Å². The zero-order valence-corrected chi connectivity index (χ0v) is 10.5. The number of ether oxygens (including phenoxy) is 1. The minimum Gasteiger partial charge on any atom is -0.618 e. The van der Waals surface area contributed by atoms with E-state index < -0.39 is 0 Å². The van der Waals surface area contributed by atoms with Gasteiger partial charge in [-0.25, -0.2) is 0 Å². The van der Waals surface area contributed by atoms with Gasteiger partial charge in [0.25, 0.3) is 0 Å². The molecule has 0 spiro atoms. The van der Waals surface area contributed by atoms with E-state index in [1.54, 1.807) is 7.11 Å². The average molecular weight is 251 g/mol. The predicted octanol–water partition coefficient (Wildman–Crippen LogP) is 3.15. The molecule has 3 heteroatoms. The number of fused-ring (bicyclic) bond motifs is 1. The molecule has 0 aliphatic rings. The lowest BCUT2D eigenvalue weighted by Gasteiger charge is -2.08. The van der Waals surface area contributed by atoms with E-state index in [0.717, 1.165) is 21.4 Å². The van der Waals surface area contributed by atoms with Crippen molar-refractivity contribution >= 4 is 10.9 Å². The van der Waals surface area contributed by atoms with Crippen LogP contribution in [-0.2, 0) is 0 Å². The van der Waals surface area contributed by atoms with Crippen LogP contribution < -0.4 is 9.47 Å². The Morgan fingerprint density at radius 2 is 1.63 bits per heavy atom. The molecule has 3 aromatic rings. The summed E-state index contributed by atoms with van der Waals surface area (Å²) >= 11 is 0. The van der Waals surface area contributed by atoms with Crippen LogP contribution >= 0.6 is 0 Å². The van der Waals surface area contributed by atoms with Crippen LogP contribution in [0.4, 0.5) is 0 Å². The van der Waals surface area contributed by atoms with Gasteiger partial charge < -0.3 is 9.94 Å². The normalized spacial score (nSPS) is 10.6. The summed E-state index contributed by atoms with van der Waals surface area (Å²) in [6.45, 7) is 0. The molecule has 1 heterocycles. The Labute approximate surface area is 111 Å². The Morgan fingerprint density at radius 3 is 2.37 bits per heavy atom. The van der Waals surface area contributed by atoms with Gasteiger partial charge in [-0.15, -0.1) is 0 Å². The fourth-order valence-corrected chi connectivity index (χ4v) is 2.15. The van der Waals surface area contributed by atoms with E-state index >= 15 is 0 Å². The molecular weight excluding hydrogens is 238 g/mol. The van der Waals surface area contributed by atoms with Crippen LogP contribution in [0.15, 0.2) is 60.7 Å². The summed E-state index contributed by atoms with van der Waals surface area (Å²) in [4.78, 5) is 0. The summed E-state index contributed by atoms with van der Waals surface area (Å²) in [5.74, 6) is 0.780. The largest absolute Gasteiger partial charge is 0.618 e. The van der Waals surface area contributed by atoms with Gasteiger partial charge in [-0.3, -0.25) is 0 Å². The Kier molecular flexibility index (Phi) is 2.80. The summed E-state index contributed by atoms with van der Waals surface area (Å²) in [7, 11) is 1.62. The maximum atomic E-state index is 12.4. The molecule has 19 heavy (non-hydrogen) atoms. The first-order valence-electron chi connectivity index (χ1n) is 6.05. The minimum absolute atomic E-state index is 0.640. The molecule has 0 saturated heterocycles. The van der Waals surface area contributed by atoms with Crippen LogP contribution in [0.5, 0.6) is 5.75 Å². The van der Waals surface area contributed by atoms with E-state index in [2.05, 4.69) is 0 Å². The number of rotatable bonds is 2. The van der Waals surface area contributed by atoms with Crippen LogP contribution in [0.1, 0.15) is 0 Å².